The van der Waals surface area contributed by atoms with Crippen LogP contribution in [0.5, 0.6) is 0 Å². The van der Waals surface area contributed by atoms with Crippen LogP contribution >= 0.6 is 0 Å². The smallest absolute Gasteiger partial charge is 0.320 e. The fraction of sp³-hybridized carbons (Fsp3) is 0.769. The van der Waals surface area contributed by atoms with Gasteiger partial charge < -0.3 is 14.7 Å². The third kappa shape index (κ3) is 3.00. The van der Waals surface area contributed by atoms with E-state index in [0.717, 1.165) is 52.2 Å². The summed E-state index contributed by atoms with van der Waals surface area (Å²) in [6.45, 7) is 10.9. The maximum atomic E-state index is 12.3. The minimum Gasteiger partial charge on any atom is -0.322 e. The highest BCUT2D eigenvalue weighted by molar-refractivity contribution is 5.75. The highest BCUT2D eigenvalue weighted by atomic mass is 16.2. The molecule has 0 aliphatic carbocycles. The number of carbonyl (C=O) groups is 1. The molecule has 2 rings (SSSR count). The van der Waals surface area contributed by atoms with Gasteiger partial charge in [-0.15, -0.1) is 0 Å². The summed E-state index contributed by atoms with van der Waals surface area (Å²) in [5, 5.41) is 0. The van der Waals surface area contributed by atoms with Crippen molar-refractivity contribution in [2.75, 3.05) is 45.8 Å². The highest BCUT2D eigenvalue weighted by Crippen LogP contribution is 2.13. The van der Waals surface area contributed by atoms with Gasteiger partial charge in [0.15, 0.2) is 0 Å². The number of carbonyl (C=O) groups excluding carboxylic acids is 1. The first kappa shape index (κ1) is 12.4. The van der Waals surface area contributed by atoms with Crippen molar-refractivity contribution in [3.63, 3.8) is 0 Å². The lowest BCUT2D eigenvalue weighted by atomic mass is 10.1. The maximum Gasteiger partial charge on any atom is 0.320 e. The second kappa shape index (κ2) is 5.54. The van der Waals surface area contributed by atoms with Gasteiger partial charge in [-0.3, -0.25) is 0 Å². The number of urea groups is 1. The zero-order valence-electron chi connectivity index (χ0n) is 11.0. The van der Waals surface area contributed by atoms with Gasteiger partial charge in [0.05, 0.1) is 0 Å². The van der Waals surface area contributed by atoms with Gasteiger partial charge in [0.1, 0.15) is 0 Å². The predicted octanol–water partition coefficient (Wildman–Crippen LogP) is 1.40. The first-order chi connectivity index (χ1) is 8.20. The lowest BCUT2D eigenvalue weighted by molar-refractivity contribution is 0.117. The van der Waals surface area contributed by atoms with Crippen LogP contribution in [0.4, 0.5) is 4.79 Å². The third-order valence-electron chi connectivity index (χ3n) is 3.80. The molecular formula is C13H23N3O. The van der Waals surface area contributed by atoms with E-state index in [2.05, 4.69) is 24.8 Å². The van der Waals surface area contributed by atoms with Crippen molar-refractivity contribution < 1.29 is 4.79 Å². The Hall–Kier alpha value is -1.03. The number of piperazine rings is 1. The van der Waals surface area contributed by atoms with E-state index >= 15 is 0 Å². The summed E-state index contributed by atoms with van der Waals surface area (Å²) >= 11 is 0. The van der Waals surface area contributed by atoms with Crippen molar-refractivity contribution in [3.05, 3.63) is 11.6 Å². The van der Waals surface area contributed by atoms with E-state index in [-0.39, 0.29) is 6.03 Å². The zero-order chi connectivity index (χ0) is 12.3. The van der Waals surface area contributed by atoms with Gasteiger partial charge in [-0.2, -0.15) is 0 Å². The summed E-state index contributed by atoms with van der Waals surface area (Å²) < 4.78 is 0. The molecule has 0 aromatic carbocycles. The molecule has 0 radical (unpaired) electrons. The molecule has 0 atom stereocenters. The largest absolute Gasteiger partial charge is 0.322 e. The molecule has 2 aliphatic rings. The van der Waals surface area contributed by atoms with E-state index < -0.39 is 0 Å². The molecule has 4 heteroatoms. The topological polar surface area (TPSA) is 26.8 Å². The van der Waals surface area contributed by atoms with Crippen molar-refractivity contribution >= 4 is 6.03 Å². The van der Waals surface area contributed by atoms with Crippen molar-refractivity contribution in [2.45, 2.75) is 20.3 Å². The summed E-state index contributed by atoms with van der Waals surface area (Å²) in [4.78, 5) is 18.6. The highest BCUT2D eigenvalue weighted by Gasteiger charge is 2.25. The average Bonchev–Trinajstić information content (AvgIpc) is 2.39. The number of hydrogen-bond donors (Lipinski definition) is 0. The molecule has 0 aromatic heterocycles. The van der Waals surface area contributed by atoms with Crippen molar-refractivity contribution in [3.8, 4) is 0 Å². The molecule has 0 aromatic rings. The Morgan fingerprint density at radius 2 is 1.88 bits per heavy atom. The molecule has 17 heavy (non-hydrogen) atoms. The molecule has 1 saturated heterocycles. The summed E-state index contributed by atoms with van der Waals surface area (Å²) in [5.41, 5.74) is 1.41. The van der Waals surface area contributed by atoms with Crippen molar-refractivity contribution in [1.82, 2.24) is 14.7 Å². The normalized spacial score (nSPS) is 22.6. The second-order valence-corrected chi connectivity index (χ2v) is 4.95. The first-order valence-corrected chi connectivity index (χ1v) is 6.62. The van der Waals surface area contributed by atoms with Crippen LogP contribution in [-0.4, -0.2) is 66.5 Å². The van der Waals surface area contributed by atoms with Gasteiger partial charge >= 0.3 is 6.03 Å². The molecule has 0 bridgehead atoms. The van der Waals surface area contributed by atoms with E-state index in [1.807, 2.05) is 9.80 Å². The second-order valence-electron chi connectivity index (χ2n) is 4.95. The summed E-state index contributed by atoms with van der Waals surface area (Å²) in [5.74, 6) is 0. The van der Waals surface area contributed by atoms with Crippen LogP contribution < -0.4 is 0 Å². The van der Waals surface area contributed by atoms with E-state index in [1.54, 1.807) is 0 Å². The molecule has 2 amide bonds. The SMILES string of the molecule is CCN1CCN(C(=O)N2CC=C(C)CC2)CC1. The maximum absolute atomic E-state index is 12.3. The Labute approximate surface area is 104 Å². The zero-order valence-corrected chi connectivity index (χ0v) is 11.0. The van der Waals surface area contributed by atoms with Gasteiger partial charge in [-0.05, 0) is 19.9 Å². The molecular weight excluding hydrogens is 214 g/mol. The minimum atomic E-state index is 0.226. The van der Waals surface area contributed by atoms with Crippen LogP contribution in [0, 0.1) is 0 Å². The van der Waals surface area contributed by atoms with Crippen LogP contribution in [0.3, 0.4) is 0 Å². The molecule has 0 unspecified atom stereocenters. The van der Waals surface area contributed by atoms with Crippen LogP contribution in [0.2, 0.25) is 0 Å². The van der Waals surface area contributed by atoms with Gasteiger partial charge in [0, 0.05) is 39.3 Å². The Morgan fingerprint density at radius 3 is 2.41 bits per heavy atom. The lowest BCUT2D eigenvalue weighted by Crippen LogP contribution is -2.53. The average molecular weight is 237 g/mol. The molecule has 0 N–H and O–H groups in total. The van der Waals surface area contributed by atoms with Crippen LogP contribution in [0.25, 0.3) is 0 Å². The fourth-order valence-corrected chi connectivity index (χ4v) is 2.40. The van der Waals surface area contributed by atoms with Gasteiger partial charge in [-0.25, -0.2) is 4.79 Å². The van der Waals surface area contributed by atoms with Crippen LogP contribution in [-0.2, 0) is 0 Å². The predicted molar refractivity (Wildman–Crippen MR) is 69.0 cm³/mol. The minimum absolute atomic E-state index is 0.226. The van der Waals surface area contributed by atoms with E-state index in [4.69, 9.17) is 0 Å². The van der Waals surface area contributed by atoms with Gasteiger partial charge in [-0.1, -0.05) is 18.6 Å². The van der Waals surface area contributed by atoms with Gasteiger partial charge in [0.2, 0.25) is 0 Å². The van der Waals surface area contributed by atoms with Gasteiger partial charge in [0.25, 0.3) is 0 Å². The monoisotopic (exact) mass is 237 g/mol. The third-order valence-corrected chi connectivity index (χ3v) is 3.80. The Bertz CT molecular complexity index is 306. The Kier molecular flexibility index (Phi) is 4.05. The summed E-state index contributed by atoms with van der Waals surface area (Å²) in [6, 6.07) is 0.226. The molecule has 96 valence electrons. The number of amides is 2. The Balaban J connectivity index is 1.85. The summed E-state index contributed by atoms with van der Waals surface area (Å²) in [7, 11) is 0. The fourth-order valence-electron chi connectivity index (χ4n) is 2.40. The molecule has 1 fully saturated rings. The molecule has 0 saturated carbocycles. The molecule has 4 nitrogen and oxygen atoms in total. The number of likely N-dealkylation sites (N-methyl/N-ethyl adjacent to an activating group) is 1. The van der Waals surface area contributed by atoms with Crippen molar-refractivity contribution in [2.24, 2.45) is 0 Å². The van der Waals surface area contributed by atoms with Crippen LogP contribution in [0.15, 0.2) is 11.6 Å². The van der Waals surface area contributed by atoms with E-state index in [9.17, 15) is 4.79 Å². The first-order valence-electron chi connectivity index (χ1n) is 6.62. The van der Waals surface area contributed by atoms with E-state index in [1.165, 1.54) is 5.57 Å². The Morgan fingerprint density at radius 1 is 1.18 bits per heavy atom. The standard InChI is InChI=1S/C13H23N3O/c1-3-14-8-10-16(11-9-14)13(17)15-6-4-12(2)5-7-15/h4H,3,5-11H2,1-2H3. The van der Waals surface area contributed by atoms with E-state index in [0.29, 0.717) is 0 Å². The number of hydrogen-bond acceptors (Lipinski definition) is 2. The quantitative estimate of drug-likeness (QED) is 0.644. The molecule has 2 aliphatic heterocycles. The molecule has 2 heterocycles. The summed E-state index contributed by atoms with van der Waals surface area (Å²) in [6.07, 6.45) is 3.20. The number of rotatable bonds is 1. The van der Waals surface area contributed by atoms with Crippen molar-refractivity contribution in [1.29, 1.82) is 0 Å². The number of nitrogens with zero attached hydrogens (tertiary/aromatic N) is 3. The lowest BCUT2D eigenvalue weighted by Gasteiger charge is -2.37. The van der Waals surface area contributed by atoms with Crippen LogP contribution in [0.1, 0.15) is 20.3 Å². The molecule has 0 spiro atoms.